The van der Waals surface area contributed by atoms with Gasteiger partial charge in [0.15, 0.2) is 23.9 Å². The third-order valence-electron chi connectivity index (χ3n) is 9.45. The summed E-state index contributed by atoms with van der Waals surface area (Å²) < 4.78 is 29.2. The number of nitrogens with zero attached hydrogens (tertiary/aromatic N) is 3. The van der Waals surface area contributed by atoms with Crippen LogP contribution in [0.1, 0.15) is 46.0 Å². The van der Waals surface area contributed by atoms with Crippen LogP contribution in [0.4, 0.5) is 10.5 Å². The zero-order chi connectivity index (χ0) is 36.1. The van der Waals surface area contributed by atoms with E-state index >= 15 is 0 Å². The van der Waals surface area contributed by atoms with Crippen LogP contribution in [0.15, 0.2) is 79.1 Å². The molecular formula is C38H39Cl2N3O8. The van der Waals surface area contributed by atoms with E-state index in [0.29, 0.717) is 44.7 Å². The van der Waals surface area contributed by atoms with Gasteiger partial charge in [-0.15, -0.1) is 0 Å². The van der Waals surface area contributed by atoms with Crippen molar-refractivity contribution in [2.75, 3.05) is 45.9 Å². The molecule has 3 aliphatic heterocycles. The lowest BCUT2D eigenvalue weighted by Crippen LogP contribution is -2.53. The molecule has 1 aromatic heterocycles. The number of aromatic nitrogens is 1. The standard InChI is InChI=1S/C38H39Cl2N3O8/c1-47-32-7-5-4-6-31(32)43(38(45)51-36-23-41-16-14-25(36)15-17-41)20-24-8-10-26(11-9-24)37(44)50-34(19-28-29(39)21-42(46)22-30(28)40)27-12-13-33(48-2)35(18-27)49-3/h4-13,18,21-22,25,34,36H,14-17,19-20,23H2,1-3H3/t34?,36-/m0/s1. The van der Waals surface area contributed by atoms with Crippen molar-refractivity contribution in [1.82, 2.24) is 4.90 Å². The third kappa shape index (κ3) is 8.27. The second-order valence-corrected chi connectivity index (χ2v) is 13.3. The molecule has 51 heavy (non-hydrogen) atoms. The number of halogens is 2. The molecule has 3 saturated heterocycles. The van der Waals surface area contributed by atoms with Gasteiger partial charge < -0.3 is 28.9 Å². The van der Waals surface area contributed by atoms with Crippen molar-refractivity contribution in [1.29, 1.82) is 0 Å². The minimum absolute atomic E-state index is 0.0768. The molecule has 0 aliphatic carbocycles. The smallest absolute Gasteiger partial charge is 0.415 e. The summed E-state index contributed by atoms with van der Waals surface area (Å²) in [6.45, 7) is 2.98. The summed E-state index contributed by atoms with van der Waals surface area (Å²) in [6.07, 6.45) is 3.00. The number of hydrogen-bond acceptors (Lipinski definition) is 9. The highest BCUT2D eigenvalue weighted by Crippen LogP contribution is 2.36. The van der Waals surface area contributed by atoms with Crippen LogP contribution >= 0.6 is 23.2 Å². The lowest BCUT2D eigenvalue weighted by atomic mass is 9.86. The van der Waals surface area contributed by atoms with Gasteiger partial charge in [0.2, 0.25) is 0 Å². The van der Waals surface area contributed by atoms with Crippen molar-refractivity contribution < 1.29 is 38.0 Å². The number of amides is 1. The van der Waals surface area contributed by atoms with Gasteiger partial charge in [-0.1, -0.05) is 53.5 Å². The third-order valence-corrected chi connectivity index (χ3v) is 10.1. The molecule has 1 unspecified atom stereocenters. The number of hydrogen-bond donors (Lipinski definition) is 0. The van der Waals surface area contributed by atoms with Crippen molar-refractivity contribution >= 4 is 41.0 Å². The average molecular weight is 737 g/mol. The Morgan fingerprint density at radius 3 is 2.20 bits per heavy atom. The van der Waals surface area contributed by atoms with Crippen LogP contribution in [0.3, 0.4) is 0 Å². The lowest BCUT2D eigenvalue weighted by molar-refractivity contribution is -0.605. The van der Waals surface area contributed by atoms with E-state index in [2.05, 4.69) is 4.90 Å². The van der Waals surface area contributed by atoms with E-state index in [0.717, 1.165) is 38.0 Å². The number of rotatable bonds is 12. The van der Waals surface area contributed by atoms with Crippen molar-refractivity contribution in [2.45, 2.75) is 38.0 Å². The highest BCUT2D eigenvalue weighted by Gasteiger charge is 2.38. The Balaban J connectivity index is 1.23. The Bertz CT molecular complexity index is 1840. The molecule has 3 fully saturated rings. The van der Waals surface area contributed by atoms with Gasteiger partial charge in [-0.2, -0.15) is 4.73 Å². The molecule has 7 rings (SSSR count). The number of methoxy groups -OCH3 is 3. The molecule has 4 aromatic rings. The van der Waals surface area contributed by atoms with Gasteiger partial charge >= 0.3 is 12.1 Å². The largest absolute Gasteiger partial charge is 0.619 e. The van der Waals surface area contributed by atoms with Gasteiger partial charge in [0.05, 0.1) is 39.1 Å². The number of carbonyl (C=O) groups excluding carboxylic acids is 2. The summed E-state index contributed by atoms with van der Waals surface area (Å²) >= 11 is 12.8. The van der Waals surface area contributed by atoms with Gasteiger partial charge in [0, 0.05) is 18.5 Å². The first kappa shape index (κ1) is 36.1. The molecule has 268 valence electrons. The van der Waals surface area contributed by atoms with Crippen LogP contribution in [0.2, 0.25) is 10.0 Å². The molecule has 4 heterocycles. The maximum absolute atomic E-state index is 13.8. The summed E-state index contributed by atoms with van der Waals surface area (Å²) in [6, 6.07) is 19.3. The highest BCUT2D eigenvalue weighted by atomic mass is 35.5. The van der Waals surface area contributed by atoms with Gasteiger partial charge in [-0.3, -0.25) is 9.80 Å². The van der Waals surface area contributed by atoms with Crippen molar-refractivity contribution in [3.8, 4) is 17.2 Å². The second kappa shape index (κ2) is 16.1. The Morgan fingerprint density at radius 2 is 1.57 bits per heavy atom. The SMILES string of the molecule is COc1ccc(C(Cc2c(Cl)c[n+]([O-])cc2Cl)OC(=O)c2ccc(CN(C(=O)O[C@H]3CN4CCC3CC4)c3ccccc3OC)cc2)cc1OC. The minimum Gasteiger partial charge on any atom is -0.619 e. The molecule has 3 aromatic carbocycles. The van der Waals surface area contributed by atoms with Crippen LogP contribution in [0, 0.1) is 11.1 Å². The van der Waals surface area contributed by atoms with E-state index in [-0.39, 0.29) is 34.7 Å². The lowest BCUT2D eigenvalue weighted by Gasteiger charge is -2.44. The Hall–Kier alpha value is -4.71. The number of ether oxygens (including phenoxy) is 5. The molecule has 2 atom stereocenters. The summed E-state index contributed by atoms with van der Waals surface area (Å²) in [5, 5.41) is 12.2. The van der Waals surface area contributed by atoms with E-state index in [1.807, 2.05) is 18.2 Å². The van der Waals surface area contributed by atoms with Crippen molar-refractivity contribution in [2.24, 2.45) is 5.92 Å². The normalized spacial score (nSPS) is 18.4. The highest BCUT2D eigenvalue weighted by molar-refractivity contribution is 6.35. The molecule has 0 radical (unpaired) electrons. The van der Waals surface area contributed by atoms with Gasteiger partial charge in [-0.25, -0.2) is 9.59 Å². The van der Waals surface area contributed by atoms with E-state index in [9.17, 15) is 14.8 Å². The van der Waals surface area contributed by atoms with Crippen LogP contribution in [0.5, 0.6) is 17.2 Å². The number of piperidine rings is 3. The van der Waals surface area contributed by atoms with E-state index < -0.39 is 18.2 Å². The number of para-hydroxylation sites is 2. The first-order valence-corrected chi connectivity index (χ1v) is 17.3. The topological polar surface area (TPSA) is 114 Å². The fourth-order valence-corrected chi connectivity index (χ4v) is 7.25. The number of pyridine rings is 1. The number of esters is 1. The summed E-state index contributed by atoms with van der Waals surface area (Å²) in [5.41, 5.74) is 2.65. The van der Waals surface area contributed by atoms with E-state index in [4.69, 9.17) is 46.9 Å². The minimum atomic E-state index is -0.864. The number of anilines is 1. The van der Waals surface area contributed by atoms with Crippen LogP contribution in [-0.2, 0) is 22.4 Å². The van der Waals surface area contributed by atoms with Gasteiger partial charge in [-0.05, 0) is 79.4 Å². The van der Waals surface area contributed by atoms with Crippen molar-refractivity contribution in [3.05, 3.63) is 117 Å². The molecule has 0 spiro atoms. The zero-order valence-electron chi connectivity index (χ0n) is 28.6. The monoisotopic (exact) mass is 735 g/mol. The maximum atomic E-state index is 13.8. The predicted molar refractivity (Wildman–Crippen MR) is 192 cm³/mol. The number of carbonyl (C=O) groups is 2. The first-order chi connectivity index (χ1) is 24.7. The zero-order valence-corrected chi connectivity index (χ0v) is 30.1. The molecular weight excluding hydrogens is 697 g/mol. The van der Waals surface area contributed by atoms with Crippen LogP contribution in [-0.4, -0.2) is 64.0 Å². The van der Waals surface area contributed by atoms with E-state index in [1.54, 1.807) is 60.5 Å². The van der Waals surface area contributed by atoms with Crippen molar-refractivity contribution in [3.63, 3.8) is 0 Å². The average Bonchev–Trinajstić information content (AvgIpc) is 3.15. The van der Waals surface area contributed by atoms with Crippen LogP contribution in [0.25, 0.3) is 0 Å². The maximum Gasteiger partial charge on any atom is 0.415 e. The first-order valence-electron chi connectivity index (χ1n) is 16.6. The second-order valence-electron chi connectivity index (χ2n) is 12.5. The molecule has 2 bridgehead atoms. The summed E-state index contributed by atoms with van der Waals surface area (Å²) in [4.78, 5) is 31.3. The Labute approximate surface area is 306 Å². The molecule has 0 saturated carbocycles. The number of fused-ring (bicyclic) bond motifs is 3. The Kier molecular flexibility index (Phi) is 11.4. The Morgan fingerprint density at radius 1 is 0.902 bits per heavy atom. The summed E-state index contributed by atoms with van der Waals surface area (Å²) in [5.74, 6) is 1.22. The molecule has 1 amide bonds. The van der Waals surface area contributed by atoms with E-state index in [1.165, 1.54) is 26.6 Å². The fraction of sp³-hybridized carbons (Fsp3) is 0.342. The fourth-order valence-electron chi connectivity index (χ4n) is 6.66. The van der Waals surface area contributed by atoms with Gasteiger partial charge in [0.1, 0.15) is 28.0 Å². The predicted octanol–water partition coefficient (Wildman–Crippen LogP) is 7.03. The van der Waals surface area contributed by atoms with Gasteiger partial charge in [0.25, 0.3) is 0 Å². The quantitative estimate of drug-likeness (QED) is 0.0860. The van der Waals surface area contributed by atoms with Crippen LogP contribution < -0.4 is 23.8 Å². The number of benzene rings is 3. The molecule has 0 N–H and O–H groups in total. The summed E-state index contributed by atoms with van der Waals surface area (Å²) in [7, 11) is 4.59. The molecule has 11 nitrogen and oxygen atoms in total. The molecule has 13 heteroatoms. The molecule has 3 aliphatic rings.